The summed E-state index contributed by atoms with van der Waals surface area (Å²) in [5.41, 5.74) is -0.949. The van der Waals surface area contributed by atoms with Crippen molar-refractivity contribution in [3.8, 4) is 5.75 Å². The molecule has 0 bridgehead atoms. The maximum Gasteiger partial charge on any atom is 0.433 e. The van der Waals surface area contributed by atoms with Crippen molar-refractivity contribution in [1.82, 2.24) is 9.97 Å². The highest BCUT2D eigenvalue weighted by molar-refractivity contribution is 6.30. The van der Waals surface area contributed by atoms with Gasteiger partial charge in [-0.15, -0.1) is 0 Å². The van der Waals surface area contributed by atoms with E-state index in [2.05, 4.69) is 9.97 Å². The normalized spacial score (nSPS) is 27.5. The van der Waals surface area contributed by atoms with E-state index in [9.17, 15) is 18.3 Å². The first-order valence-electron chi connectivity index (χ1n) is 9.04. The summed E-state index contributed by atoms with van der Waals surface area (Å²) in [7, 11) is 0. The fraction of sp³-hybridized carbons (Fsp3) is 0.474. The SMILES string of the molecule is O[C@@H]1C[C@H]2CN(c3cc(C(F)(F)F)ncn3)C[C@H]2C[C@H]1Oc1cccc(Cl)c1. The minimum Gasteiger partial charge on any atom is -0.488 e. The summed E-state index contributed by atoms with van der Waals surface area (Å²) in [5, 5.41) is 11.1. The van der Waals surface area contributed by atoms with Crippen molar-refractivity contribution >= 4 is 17.4 Å². The van der Waals surface area contributed by atoms with E-state index in [4.69, 9.17) is 16.3 Å². The predicted molar refractivity (Wildman–Crippen MR) is 97.3 cm³/mol. The molecule has 2 aromatic rings. The first kappa shape index (κ1) is 19.3. The molecule has 1 aromatic heterocycles. The molecule has 28 heavy (non-hydrogen) atoms. The zero-order chi connectivity index (χ0) is 19.9. The van der Waals surface area contributed by atoms with Crippen LogP contribution < -0.4 is 9.64 Å². The van der Waals surface area contributed by atoms with Crippen LogP contribution >= 0.6 is 11.6 Å². The molecule has 0 amide bonds. The number of alkyl halides is 3. The van der Waals surface area contributed by atoms with E-state index in [1.165, 1.54) is 0 Å². The van der Waals surface area contributed by atoms with Crippen molar-refractivity contribution in [2.45, 2.75) is 31.2 Å². The molecule has 0 spiro atoms. The molecule has 1 aliphatic heterocycles. The van der Waals surface area contributed by atoms with Gasteiger partial charge in [0.25, 0.3) is 0 Å². The molecule has 1 saturated heterocycles. The van der Waals surface area contributed by atoms with Crippen molar-refractivity contribution in [3.05, 3.63) is 47.4 Å². The number of halogens is 4. The number of nitrogens with zero attached hydrogens (tertiary/aromatic N) is 3. The van der Waals surface area contributed by atoms with Crippen molar-refractivity contribution in [1.29, 1.82) is 0 Å². The van der Waals surface area contributed by atoms with Gasteiger partial charge in [0.2, 0.25) is 0 Å². The van der Waals surface area contributed by atoms with E-state index in [0.29, 0.717) is 36.7 Å². The predicted octanol–water partition coefficient (Wildman–Crippen LogP) is 3.80. The van der Waals surface area contributed by atoms with Gasteiger partial charge < -0.3 is 14.7 Å². The Balaban J connectivity index is 1.46. The smallest absolute Gasteiger partial charge is 0.433 e. The molecule has 1 aliphatic carbocycles. The van der Waals surface area contributed by atoms with Crippen molar-refractivity contribution in [2.24, 2.45) is 11.8 Å². The van der Waals surface area contributed by atoms with Crippen LogP contribution in [0.25, 0.3) is 0 Å². The molecule has 0 unspecified atom stereocenters. The van der Waals surface area contributed by atoms with Crippen LogP contribution in [0.2, 0.25) is 5.02 Å². The Morgan fingerprint density at radius 1 is 1.11 bits per heavy atom. The first-order valence-corrected chi connectivity index (χ1v) is 9.42. The summed E-state index contributed by atoms with van der Waals surface area (Å²) in [4.78, 5) is 9.17. The second kappa shape index (κ2) is 7.40. The van der Waals surface area contributed by atoms with Crippen molar-refractivity contribution in [2.75, 3.05) is 18.0 Å². The standard InChI is InChI=1S/C19H19ClF3N3O2/c20-13-2-1-3-14(6-13)28-16-5-12-9-26(8-11(12)4-15(16)27)18-7-17(19(21,22)23)24-10-25-18/h1-3,6-7,10-12,15-16,27H,4-5,8-9H2/t11-,12+,15+,16+/m0/s1. The summed E-state index contributed by atoms with van der Waals surface area (Å²) in [6.45, 7) is 1.13. The summed E-state index contributed by atoms with van der Waals surface area (Å²) in [6.07, 6.45) is -3.43. The van der Waals surface area contributed by atoms with E-state index >= 15 is 0 Å². The van der Waals surface area contributed by atoms with Gasteiger partial charge in [-0.3, -0.25) is 0 Å². The molecule has 1 N–H and O–H groups in total. The number of aromatic nitrogens is 2. The topological polar surface area (TPSA) is 58.5 Å². The highest BCUT2D eigenvalue weighted by Gasteiger charge is 2.43. The Morgan fingerprint density at radius 2 is 1.86 bits per heavy atom. The lowest BCUT2D eigenvalue weighted by molar-refractivity contribution is -0.141. The first-order chi connectivity index (χ1) is 13.3. The number of benzene rings is 1. The monoisotopic (exact) mass is 413 g/mol. The molecule has 2 fully saturated rings. The molecule has 0 radical (unpaired) electrons. The molecule has 2 heterocycles. The van der Waals surface area contributed by atoms with E-state index in [0.717, 1.165) is 12.4 Å². The quantitative estimate of drug-likeness (QED) is 0.829. The van der Waals surface area contributed by atoms with E-state index in [1.54, 1.807) is 24.3 Å². The largest absolute Gasteiger partial charge is 0.488 e. The summed E-state index contributed by atoms with van der Waals surface area (Å²) in [6, 6.07) is 7.98. The van der Waals surface area contributed by atoms with E-state index in [-0.39, 0.29) is 23.8 Å². The number of fused-ring (bicyclic) bond motifs is 1. The van der Waals surface area contributed by atoms with E-state index < -0.39 is 18.0 Å². The van der Waals surface area contributed by atoms with Crippen LogP contribution in [-0.4, -0.2) is 40.4 Å². The summed E-state index contributed by atoms with van der Waals surface area (Å²) >= 11 is 5.98. The van der Waals surface area contributed by atoms with Gasteiger partial charge in [0.1, 0.15) is 29.7 Å². The lowest BCUT2D eigenvalue weighted by Crippen LogP contribution is -2.42. The van der Waals surface area contributed by atoms with Crippen LogP contribution in [0.4, 0.5) is 19.0 Å². The van der Waals surface area contributed by atoms with Gasteiger partial charge in [-0.05, 0) is 42.9 Å². The maximum atomic E-state index is 12.9. The molecular formula is C19H19ClF3N3O2. The number of aliphatic hydroxyl groups excluding tert-OH is 1. The second-order valence-electron chi connectivity index (χ2n) is 7.34. The number of hydrogen-bond acceptors (Lipinski definition) is 5. The third kappa shape index (κ3) is 4.03. The number of aliphatic hydroxyl groups is 1. The second-order valence-corrected chi connectivity index (χ2v) is 7.77. The Bertz CT molecular complexity index is 851. The minimum atomic E-state index is -4.50. The van der Waals surface area contributed by atoms with Crippen molar-refractivity contribution < 1.29 is 23.0 Å². The molecule has 2 aliphatic rings. The third-order valence-electron chi connectivity index (χ3n) is 5.44. The van der Waals surface area contributed by atoms with E-state index in [1.807, 2.05) is 4.90 Å². The van der Waals surface area contributed by atoms with Gasteiger partial charge >= 0.3 is 6.18 Å². The third-order valence-corrected chi connectivity index (χ3v) is 5.67. The van der Waals surface area contributed by atoms with Crippen LogP contribution in [0, 0.1) is 11.8 Å². The minimum absolute atomic E-state index is 0.179. The molecule has 150 valence electrons. The number of ether oxygens (including phenoxy) is 1. The van der Waals surface area contributed by atoms with Crippen molar-refractivity contribution in [3.63, 3.8) is 0 Å². The molecule has 1 aromatic carbocycles. The maximum absolute atomic E-state index is 12.9. The number of rotatable bonds is 3. The number of anilines is 1. The van der Waals surface area contributed by atoms with Gasteiger partial charge in [0, 0.05) is 24.2 Å². The Hall–Kier alpha value is -2.06. The lowest BCUT2D eigenvalue weighted by Gasteiger charge is -2.35. The van der Waals surface area contributed by atoms with Crippen LogP contribution in [-0.2, 0) is 6.18 Å². The van der Waals surface area contributed by atoms with Crippen LogP contribution in [0.3, 0.4) is 0 Å². The van der Waals surface area contributed by atoms with Gasteiger partial charge in [0.15, 0.2) is 0 Å². The molecule has 4 atom stereocenters. The molecule has 4 rings (SSSR count). The Kier molecular flexibility index (Phi) is 5.09. The molecule has 5 nitrogen and oxygen atoms in total. The average Bonchev–Trinajstić information content (AvgIpc) is 3.04. The van der Waals surface area contributed by atoms with Gasteiger partial charge in [-0.25, -0.2) is 9.97 Å². The summed E-state index contributed by atoms with van der Waals surface area (Å²) < 4.78 is 44.7. The Morgan fingerprint density at radius 3 is 2.57 bits per heavy atom. The van der Waals surface area contributed by atoms with Crippen LogP contribution in [0.15, 0.2) is 36.7 Å². The van der Waals surface area contributed by atoms with Gasteiger partial charge in [-0.1, -0.05) is 17.7 Å². The number of hydrogen-bond donors (Lipinski definition) is 1. The lowest BCUT2D eigenvalue weighted by atomic mass is 9.78. The van der Waals surface area contributed by atoms with Gasteiger partial charge in [0.05, 0.1) is 6.10 Å². The highest BCUT2D eigenvalue weighted by atomic mass is 35.5. The molecule has 1 saturated carbocycles. The fourth-order valence-electron chi connectivity index (χ4n) is 4.09. The highest BCUT2D eigenvalue weighted by Crippen LogP contribution is 2.40. The van der Waals surface area contributed by atoms with Gasteiger partial charge in [-0.2, -0.15) is 13.2 Å². The summed E-state index contributed by atoms with van der Waals surface area (Å²) in [5.74, 6) is 1.24. The molecular weight excluding hydrogens is 395 g/mol. The Labute approximate surface area is 165 Å². The zero-order valence-electron chi connectivity index (χ0n) is 14.8. The fourth-order valence-corrected chi connectivity index (χ4v) is 4.27. The zero-order valence-corrected chi connectivity index (χ0v) is 15.6. The molecule has 9 heteroatoms. The van der Waals surface area contributed by atoms with Crippen LogP contribution in [0.5, 0.6) is 5.75 Å². The van der Waals surface area contributed by atoms with Crippen LogP contribution in [0.1, 0.15) is 18.5 Å². The average molecular weight is 414 g/mol.